The molecule has 6 nitrogen and oxygen atoms in total. The van der Waals surface area contributed by atoms with Gasteiger partial charge in [-0.05, 0) is 68.1 Å². The SMILES string of the molecule is Cc1nnc2n1-c1sc3c(c1[C@H](c1ccccc1Cl)NC2)C[C@H](C(=O)N1CCCC2(CC2)C1)C3. The van der Waals surface area contributed by atoms with E-state index in [1.54, 1.807) is 0 Å². The number of rotatable bonds is 2. The Labute approximate surface area is 208 Å². The summed E-state index contributed by atoms with van der Waals surface area (Å²) in [6, 6.07) is 8.04. The van der Waals surface area contributed by atoms with Crippen molar-refractivity contribution in [3.63, 3.8) is 0 Å². The first kappa shape index (κ1) is 21.1. The van der Waals surface area contributed by atoms with E-state index in [1.807, 2.05) is 36.5 Å². The van der Waals surface area contributed by atoms with Crippen molar-refractivity contribution in [2.75, 3.05) is 13.1 Å². The maximum atomic E-state index is 13.6. The predicted octanol–water partition coefficient (Wildman–Crippen LogP) is 4.60. The number of nitrogens with one attached hydrogen (secondary N) is 1. The molecule has 34 heavy (non-hydrogen) atoms. The number of halogens is 1. The van der Waals surface area contributed by atoms with Gasteiger partial charge >= 0.3 is 0 Å². The van der Waals surface area contributed by atoms with Crippen molar-refractivity contribution in [2.45, 2.75) is 58.0 Å². The number of thiophene rings is 1. The van der Waals surface area contributed by atoms with Crippen molar-refractivity contribution < 1.29 is 4.79 Å². The van der Waals surface area contributed by atoms with Crippen molar-refractivity contribution in [3.8, 4) is 5.00 Å². The first-order valence-electron chi connectivity index (χ1n) is 12.4. The highest BCUT2D eigenvalue weighted by atomic mass is 35.5. The van der Waals surface area contributed by atoms with E-state index < -0.39 is 0 Å². The van der Waals surface area contributed by atoms with E-state index in [2.05, 4.69) is 31.0 Å². The zero-order valence-corrected chi connectivity index (χ0v) is 20.9. The summed E-state index contributed by atoms with van der Waals surface area (Å²) in [6.07, 6.45) is 6.70. The monoisotopic (exact) mass is 493 g/mol. The first-order chi connectivity index (χ1) is 16.5. The summed E-state index contributed by atoms with van der Waals surface area (Å²) < 4.78 is 2.19. The second-order valence-corrected chi connectivity index (χ2v) is 12.0. The first-order valence-corrected chi connectivity index (χ1v) is 13.5. The fourth-order valence-corrected chi connectivity index (χ4v) is 8.14. The normalized spacial score (nSPS) is 24.5. The fourth-order valence-electron chi connectivity index (χ4n) is 6.38. The predicted molar refractivity (Wildman–Crippen MR) is 132 cm³/mol. The second-order valence-electron chi connectivity index (χ2n) is 10.5. The summed E-state index contributed by atoms with van der Waals surface area (Å²) in [5, 5.41) is 14.4. The maximum Gasteiger partial charge on any atom is 0.226 e. The Bertz CT molecular complexity index is 1310. The molecule has 1 spiro atoms. The lowest BCUT2D eigenvalue weighted by Crippen LogP contribution is -2.44. The molecule has 1 aromatic carbocycles. The van der Waals surface area contributed by atoms with Crippen molar-refractivity contribution >= 4 is 28.8 Å². The van der Waals surface area contributed by atoms with Crippen molar-refractivity contribution in [1.82, 2.24) is 25.0 Å². The smallest absolute Gasteiger partial charge is 0.226 e. The number of hydrogen-bond donors (Lipinski definition) is 1. The molecule has 0 radical (unpaired) electrons. The standard InChI is InChI=1S/C26H28ClN5OS/c1-15-29-30-21-13-28-23(17-5-2-3-6-19(17)27)22-18-11-16(12-20(18)34-25(22)32(15)21)24(33)31-10-4-7-26(14-31)8-9-26/h2-3,5-6,16,23,28H,4,7-14H2,1H3/t16-,23-/m0/s1. The third kappa shape index (κ3) is 3.20. The summed E-state index contributed by atoms with van der Waals surface area (Å²) in [4.78, 5) is 17.1. The van der Waals surface area contributed by atoms with Gasteiger partial charge in [-0.15, -0.1) is 21.5 Å². The van der Waals surface area contributed by atoms with Gasteiger partial charge in [-0.25, -0.2) is 0 Å². The fraction of sp³-hybridized carbons (Fsp3) is 0.500. The van der Waals surface area contributed by atoms with Gasteiger partial charge in [0.25, 0.3) is 0 Å². The van der Waals surface area contributed by atoms with Crippen LogP contribution >= 0.6 is 22.9 Å². The molecule has 2 atom stereocenters. The van der Waals surface area contributed by atoms with Crippen LogP contribution in [-0.4, -0.2) is 38.7 Å². The van der Waals surface area contributed by atoms with Gasteiger partial charge in [-0.3, -0.25) is 14.7 Å². The number of fused-ring (bicyclic) bond motifs is 5. The number of hydrogen-bond acceptors (Lipinski definition) is 5. The lowest BCUT2D eigenvalue weighted by Gasteiger charge is -2.34. The maximum absolute atomic E-state index is 13.6. The average molecular weight is 494 g/mol. The van der Waals surface area contributed by atoms with Gasteiger partial charge in [-0.1, -0.05) is 29.8 Å². The van der Waals surface area contributed by atoms with Gasteiger partial charge in [0.1, 0.15) is 10.8 Å². The van der Waals surface area contributed by atoms with Crippen LogP contribution in [0.5, 0.6) is 0 Å². The number of aromatic nitrogens is 3. The molecular weight excluding hydrogens is 466 g/mol. The van der Waals surface area contributed by atoms with Crippen LogP contribution in [0.15, 0.2) is 24.3 Å². The molecule has 3 aromatic rings. The zero-order valence-electron chi connectivity index (χ0n) is 19.3. The third-order valence-corrected chi connectivity index (χ3v) is 9.94. The molecule has 1 saturated heterocycles. The van der Waals surface area contributed by atoms with Gasteiger partial charge in [0.15, 0.2) is 5.82 Å². The number of nitrogens with zero attached hydrogens (tertiary/aromatic N) is 4. The minimum Gasteiger partial charge on any atom is -0.342 e. The highest BCUT2D eigenvalue weighted by molar-refractivity contribution is 7.15. The largest absolute Gasteiger partial charge is 0.342 e. The van der Waals surface area contributed by atoms with Crippen LogP contribution in [0, 0.1) is 18.3 Å². The van der Waals surface area contributed by atoms with Gasteiger partial charge in [0.05, 0.1) is 12.6 Å². The number of carbonyl (C=O) groups excluding carboxylic acids is 1. The number of benzene rings is 1. The highest BCUT2D eigenvalue weighted by Crippen LogP contribution is 2.53. The number of piperidine rings is 1. The topological polar surface area (TPSA) is 63.1 Å². The van der Waals surface area contributed by atoms with Gasteiger partial charge < -0.3 is 4.90 Å². The lowest BCUT2D eigenvalue weighted by molar-refractivity contribution is -0.137. The van der Waals surface area contributed by atoms with E-state index in [0.717, 1.165) is 54.6 Å². The lowest BCUT2D eigenvalue weighted by atomic mass is 9.92. The minimum absolute atomic E-state index is 0.0385. The molecule has 2 aliphatic carbocycles. The molecule has 0 unspecified atom stereocenters. The van der Waals surface area contributed by atoms with Crippen LogP contribution in [-0.2, 0) is 24.2 Å². The van der Waals surface area contributed by atoms with Gasteiger partial charge in [-0.2, -0.15) is 0 Å². The summed E-state index contributed by atoms with van der Waals surface area (Å²) in [6.45, 7) is 4.53. The Kier molecular flexibility index (Phi) is 4.74. The molecule has 1 N–H and O–H groups in total. The summed E-state index contributed by atoms with van der Waals surface area (Å²) >= 11 is 8.51. The van der Waals surface area contributed by atoms with E-state index >= 15 is 0 Å². The molecule has 7 rings (SSSR count). The molecule has 0 bridgehead atoms. The van der Waals surface area contributed by atoms with E-state index in [-0.39, 0.29) is 12.0 Å². The van der Waals surface area contributed by atoms with Crippen molar-refractivity contribution in [1.29, 1.82) is 0 Å². The molecular formula is C26H28ClN5OS. The summed E-state index contributed by atoms with van der Waals surface area (Å²) in [7, 11) is 0. The molecule has 2 aromatic heterocycles. The van der Waals surface area contributed by atoms with E-state index in [1.165, 1.54) is 40.3 Å². The minimum atomic E-state index is -0.0385. The highest BCUT2D eigenvalue weighted by Gasteiger charge is 2.48. The molecule has 2 fully saturated rings. The van der Waals surface area contributed by atoms with Crippen LogP contribution in [0.1, 0.15) is 64.9 Å². The van der Waals surface area contributed by atoms with Crippen LogP contribution in [0.2, 0.25) is 5.02 Å². The Morgan fingerprint density at radius 2 is 2.06 bits per heavy atom. The van der Waals surface area contributed by atoms with E-state index in [4.69, 9.17) is 11.6 Å². The summed E-state index contributed by atoms with van der Waals surface area (Å²) in [5.41, 5.74) is 4.11. The van der Waals surface area contributed by atoms with Gasteiger partial charge in [0, 0.05) is 34.5 Å². The Morgan fingerprint density at radius 3 is 2.88 bits per heavy atom. The Hall–Kier alpha value is -2.22. The molecule has 1 saturated carbocycles. The molecule has 1 amide bonds. The Morgan fingerprint density at radius 1 is 1.21 bits per heavy atom. The van der Waals surface area contributed by atoms with Crippen molar-refractivity contribution in [2.24, 2.45) is 11.3 Å². The van der Waals surface area contributed by atoms with Crippen LogP contribution in [0.4, 0.5) is 0 Å². The Balaban J connectivity index is 1.27. The third-order valence-electron chi connectivity index (χ3n) is 8.34. The zero-order chi connectivity index (χ0) is 23.0. The second kappa shape index (κ2) is 7.64. The molecule has 4 heterocycles. The quantitative estimate of drug-likeness (QED) is 0.566. The van der Waals surface area contributed by atoms with Crippen molar-refractivity contribution in [3.05, 3.63) is 62.5 Å². The average Bonchev–Trinajstić information content (AvgIpc) is 3.16. The summed E-state index contributed by atoms with van der Waals surface area (Å²) in [5.74, 6) is 2.23. The number of amides is 1. The molecule has 2 aliphatic heterocycles. The number of likely N-dealkylation sites (tertiary alicyclic amines) is 1. The molecule has 8 heteroatoms. The van der Waals surface area contributed by atoms with Crippen LogP contribution in [0.25, 0.3) is 5.00 Å². The van der Waals surface area contributed by atoms with E-state index in [0.29, 0.717) is 17.9 Å². The van der Waals surface area contributed by atoms with E-state index in [9.17, 15) is 4.79 Å². The molecule has 4 aliphatic rings. The molecule has 176 valence electrons. The number of aryl methyl sites for hydroxylation is 1. The van der Waals surface area contributed by atoms with Crippen LogP contribution < -0.4 is 5.32 Å². The number of carbonyl (C=O) groups is 1. The van der Waals surface area contributed by atoms with Gasteiger partial charge in [0.2, 0.25) is 5.91 Å². The van der Waals surface area contributed by atoms with Crippen LogP contribution in [0.3, 0.4) is 0 Å².